The fourth-order valence-corrected chi connectivity index (χ4v) is 14.9. The zero-order valence-corrected chi connectivity index (χ0v) is 33.4. The molecule has 0 spiro atoms. The summed E-state index contributed by atoms with van der Waals surface area (Å²) in [6.07, 6.45) is 3.66. The minimum atomic E-state index is -2.17. The highest BCUT2D eigenvalue weighted by Crippen LogP contribution is 2.44. The third-order valence-electron chi connectivity index (χ3n) is 12.0. The van der Waals surface area contributed by atoms with E-state index in [1.54, 1.807) is 18.3 Å². The summed E-state index contributed by atoms with van der Waals surface area (Å²) in [6.45, 7) is 17.3. The van der Waals surface area contributed by atoms with Crippen LogP contribution in [0.5, 0.6) is 11.8 Å². The molecule has 3 fully saturated rings. The number of ether oxygens (including phenoxy) is 2. The van der Waals surface area contributed by atoms with Gasteiger partial charge in [0.15, 0.2) is 5.82 Å². The summed E-state index contributed by atoms with van der Waals surface area (Å²) in [5, 5.41) is 13.1. The average molecular weight is 762 g/mol. The Morgan fingerprint density at radius 1 is 1.06 bits per heavy atom. The fraction of sp³-hybridized carbons (Fsp3) is 0.537. The molecule has 12 heteroatoms. The molecule has 2 atom stereocenters. The summed E-state index contributed by atoms with van der Waals surface area (Å²) in [5.74, 6) is 3.31. The quantitative estimate of drug-likeness (QED) is 0.141. The van der Waals surface area contributed by atoms with E-state index in [2.05, 4.69) is 67.8 Å². The number of pyridine rings is 1. The number of phenolic OH excluding ortho intramolecular Hbond substituents is 1. The molecule has 7 rings (SSSR count). The number of benzene rings is 2. The minimum absolute atomic E-state index is 0.00947. The number of alkyl halides is 1. The van der Waals surface area contributed by atoms with Crippen LogP contribution in [0.25, 0.3) is 32.9 Å². The molecule has 3 aliphatic rings. The van der Waals surface area contributed by atoms with Crippen molar-refractivity contribution in [3.8, 4) is 34.5 Å². The molecule has 8 nitrogen and oxygen atoms in total. The molecule has 4 aromatic rings. The number of aromatic hydroxyl groups is 1. The van der Waals surface area contributed by atoms with Gasteiger partial charge in [0.25, 0.3) is 0 Å². The summed E-state index contributed by atoms with van der Waals surface area (Å²) in [5.41, 5.74) is 5.56. The fourth-order valence-electron chi connectivity index (χ4n) is 9.46. The van der Waals surface area contributed by atoms with E-state index in [1.807, 2.05) is 6.07 Å². The lowest BCUT2D eigenvalue weighted by molar-refractivity contribution is 0.107. The van der Waals surface area contributed by atoms with Gasteiger partial charge in [-0.05, 0) is 66.0 Å². The van der Waals surface area contributed by atoms with Gasteiger partial charge in [-0.3, -0.25) is 9.88 Å². The van der Waals surface area contributed by atoms with Gasteiger partial charge in [-0.1, -0.05) is 65.1 Å². The van der Waals surface area contributed by atoms with E-state index in [0.717, 1.165) is 25.8 Å². The molecule has 5 heterocycles. The van der Waals surface area contributed by atoms with Gasteiger partial charge < -0.3 is 19.5 Å². The first-order valence-corrected chi connectivity index (χ1v) is 21.6. The zero-order chi connectivity index (χ0) is 37.7. The number of nitrogens with zero attached hydrogens (tertiary/aromatic N) is 5. The third kappa shape index (κ3) is 6.86. The van der Waals surface area contributed by atoms with Gasteiger partial charge in [0.2, 0.25) is 0 Å². The summed E-state index contributed by atoms with van der Waals surface area (Å²) >= 11 is 6.94. The van der Waals surface area contributed by atoms with Gasteiger partial charge in [-0.25, -0.2) is 8.78 Å². The maximum absolute atomic E-state index is 17.3. The third-order valence-corrected chi connectivity index (χ3v) is 18.6. The Balaban J connectivity index is 1.40. The van der Waals surface area contributed by atoms with Crippen molar-refractivity contribution in [1.29, 1.82) is 0 Å². The second-order valence-electron chi connectivity index (χ2n) is 16.0. The van der Waals surface area contributed by atoms with Gasteiger partial charge in [-0.2, -0.15) is 9.97 Å². The molecule has 2 aromatic carbocycles. The topological polar surface area (TPSA) is 83.8 Å². The Bertz CT molecular complexity index is 2060. The normalized spacial score (nSPS) is 21.1. The van der Waals surface area contributed by atoms with Gasteiger partial charge in [0.05, 0.1) is 28.1 Å². The Kier molecular flexibility index (Phi) is 10.6. The molecule has 1 N–H and O–H groups in total. The Labute approximate surface area is 317 Å². The van der Waals surface area contributed by atoms with E-state index in [4.69, 9.17) is 31.0 Å². The molecule has 0 saturated carbocycles. The van der Waals surface area contributed by atoms with Crippen LogP contribution < -0.4 is 9.64 Å². The van der Waals surface area contributed by atoms with Crippen LogP contribution in [0.1, 0.15) is 72.8 Å². The van der Waals surface area contributed by atoms with Gasteiger partial charge >= 0.3 is 6.01 Å². The van der Waals surface area contributed by atoms with E-state index in [1.165, 1.54) is 6.07 Å². The van der Waals surface area contributed by atoms with Crippen LogP contribution in [0, 0.1) is 17.3 Å². The number of fused-ring (bicyclic) bond motifs is 3. The summed E-state index contributed by atoms with van der Waals surface area (Å²) < 4.78 is 43.9. The molecule has 0 unspecified atom stereocenters. The molecular formula is C41H50ClF2N5O3Si. The number of halogens is 3. The molecule has 0 radical (unpaired) electrons. The van der Waals surface area contributed by atoms with E-state index < -0.39 is 25.6 Å². The predicted octanol–water partition coefficient (Wildman–Crippen LogP) is 9.09. The lowest BCUT2D eigenvalue weighted by Crippen LogP contribution is -2.43. The largest absolute Gasteiger partial charge is 0.508 e. The Hall–Kier alpha value is -3.56. The minimum Gasteiger partial charge on any atom is -0.508 e. The first-order chi connectivity index (χ1) is 25.3. The summed E-state index contributed by atoms with van der Waals surface area (Å²) in [6, 6.07) is 6.78. The molecule has 3 saturated heterocycles. The SMILES string of the molecule is CC(C)[Si](C#Cc1c(Cl)ccc2cc(O)cc(-c3ncc4c(N5CCCOCC5)nc(OC[C@@]56CCCN5C[C@H](F)C6)nc4c3F)c12)(C(C)C)C(C)C. The average Bonchev–Trinajstić information content (AvgIpc) is 3.49. The highest BCUT2D eigenvalue weighted by molar-refractivity contribution is 6.90. The van der Waals surface area contributed by atoms with Crippen LogP contribution in [-0.4, -0.2) is 90.7 Å². The van der Waals surface area contributed by atoms with Crippen molar-refractivity contribution >= 4 is 47.2 Å². The van der Waals surface area contributed by atoms with Crippen molar-refractivity contribution in [2.24, 2.45) is 0 Å². The molecule has 0 amide bonds. The Morgan fingerprint density at radius 2 is 1.83 bits per heavy atom. The van der Waals surface area contributed by atoms with Crippen molar-refractivity contribution in [2.75, 3.05) is 50.9 Å². The first kappa shape index (κ1) is 37.7. The highest BCUT2D eigenvalue weighted by atomic mass is 35.5. The van der Waals surface area contributed by atoms with Crippen LogP contribution >= 0.6 is 11.6 Å². The molecule has 3 aliphatic heterocycles. The van der Waals surface area contributed by atoms with Crippen molar-refractivity contribution in [1.82, 2.24) is 19.9 Å². The molecule has 0 aliphatic carbocycles. The summed E-state index contributed by atoms with van der Waals surface area (Å²) in [7, 11) is -2.17. The van der Waals surface area contributed by atoms with Crippen molar-refractivity contribution in [2.45, 2.75) is 95.6 Å². The number of hydrogen-bond donors (Lipinski definition) is 1. The van der Waals surface area contributed by atoms with E-state index in [0.29, 0.717) is 94.0 Å². The Morgan fingerprint density at radius 3 is 2.58 bits per heavy atom. The number of anilines is 1. The van der Waals surface area contributed by atoms with Crippen molar-refractivity contribution in [3.05, 3.63) is 46.9 Å². The van der Waals surface area contributed by atoms with Crippen LogP contribution in [-0.2, 0) is 4.74 Å². The molecule has 282 valence electrons. The van der Waals surface area contributed by atoms with Crippen LogP contribution in [0.2, 0.25) is 21.6 Å². The van der Waals surface area contributed by atoms with Crippen LogP contribution in [0.4, 0.5) is 14.6 Å². The van der Waals surface area contributed by atoms with Gasteiger partial charge in [-0.15, -0.1) is 5.54 Å². The summed E-state index contributed by atoms with van der Waals surface area (Å²) in [4.78, 5) is 18.4. The van der Waals surface area contributed by atoms with Crippen LogP contribution in [0.15, 0.2) is 30.5 Å². The van der Waals surface area contributed by atoms with Crippen molar-refractivity contribution in [3.63, 3.8) is 0 Å². The number of aromatic nitrogens is 3. The lowest BCUT2D eigenvalue weighted by Gasteiger charge is -2.38. The molecule has 0 bridgehead atoms. The maximum atomic E-state index is 17.3. The second kappa shape index (κ2) is 14.9. The van der Waals surface area contributed by atoms with E-state index >= 15 is 4.39 Å². The van der Waals surface area contributed by atoms with Crippen LogP contribution in [0.3, 0.4) is 0 Å². The number of rotatable bonds is 8. The van der Waals surface area contributed by atoms with Gasteiger partial charge in [0.1, 0.15) is 43.6 Å². The maximum Gasteiger partial charge on any atom is 0.319 e. The lowest BCUT2D eigenvalue weighted by atomic mass is 9.95. The van der Waals surface area contributed by atoms with Gasteiger partial charge in [0, 0.05) is 49.8 Å². The monoisotopic (exact) mass is 761 g/mol. The smallest absolute Gasteiger partial charge is 0.319 e. The highest BCUT2D eigenvalue weighted by Gasteiger charge is 2.49. The number of hydrogen-bond acceptors (Lipinski definition) is 8. The second-order valence-corrected chi connectivity index (χ2v) is 22.0. The van der Waals surface area contributed by atoms with Crippen molar-refractivity contribution < 1.29 is 23.4 Å². The zero-order valence-electron chi connectivity index (χ0n) is 31.6. The first-order valence-electron chi connectivity index (χ1n) is 19.0. The predicted molar refractivity (Wildman–Crippen MR) is 211 cm³/mol. The standard InChI is InChI=1S/C41H50ClF2N5O3Si/c1-25(2)53(26(3)4,27(5)6)18-11-31-34(42)10-9-28-19-30(50)20-32(35(28)31)37-36(44)38-33(22-45-37)39(48-13-8-16-51-17-15-48)47-40(46-38)52-24-41-12-7-14-49(41)23-29(43)21-41/h9-10,19-20,22,25-27,29,50H,7-8,12-17,21,23-24H2,1-6H3/t29-,41+/m1/s1. The molecule has 2 aromatic heterocycles. The van der Waals surface area contributed by atoms with E-state index in [9.17, 15) is 9.50 Å². The molecule has 53 heavy (non-hydrogen) atoms. The number of phenols is 1. The molecular weight excluding hydrogens is 712 g/mol. The van der Waals surface area contributed by atoms with E-state index in [-0.39, 0.29) is 29.6 Å².